The highest BCUT2D eigenvalue weighted by molar-refractivity contribution is 5.99. The van der Waals surface area contributed by atoms with E-state index in [9.17, 15) is 14.7 Å². The third-order valence-electron chi connectivity index (χ3n) is 7.44. The molecule has 214 valence electrons. The Kier molecular flexibility index (Phi) is 7.53. The minimum absolute atomic E-state index is 0.103. The van der Waals surface area contributed by atoms with Crippen LogP contribution in [-0.2, 0) is 16.1 Å². The maximum Gasteiger partial charge on any atom is 0.323 e. The van der Waals surface area contributed by atoms with Crippen LogP contribution in [0.4, 0.5) is 16.2 Å². The number of amides is 3. The molecule has 3 amide bonds. The minimum Gasteiger partial charge on any atom is -0.497 e. The number of nitrogens with one attached hydrogen (secondary N) is 3. The lowest BCUT2D eigenvalue weighted by Gasteiger charge is -2.37. The van der Waals surface area contributed by atoms with Crippen LogP contribution in [0.5, 0.6) is 23.0 Å². The number of benzene rings is 3. The number of hydrogen-bond donors (Lipinski definition) is 4. The highest BCUT2D eigenvalue weighted by Gasteiger charge is 2.46. The molecule has 1 fully saturated rings. The number of fused-ring (bicyclic) bond motifs is 4. The third kappa shape index (κ3) is 5.86. The van der Waals surface area contributed by atoms with Crippen LogP contribution in [0.3, 0.4) is 0 Å². The van der Waals surface area contributed by atoms with E-state index in [0.717, 1.165) is 11.1 Å². The molecule has 3 aromatic rings. The summed E-state index contributed by atoms with van der Waals surface area (Å²) in [6, 6.07) is 17.6. The monoisotopic (exact) mass is 561 g/mol. The molecule has 0 spiro atoms. The molecule has 0 saturated carbocycles. The molecular weight excluding hydrogens is 530 g/mol. The van der Waals surface area contributed by atoms with E-state index in [1.807, 2.05) is 24.3 Å². The fourth-order valence-electron chi connectivity index (χ4n) is 5.47. The number of urea groups is 1. The fourth-order valence-corrected chi connectivity index (χ4v) is 5.47. The summed E-state index contributed by atoms with van der Waals surface area (Å²) in [5.74, 6) is 2.46. The maximum absolute atomic E-state index is 12.8. The van der Waals surface area contributed by atoms with Crippen molar-refractivity contribution in [2.24, 2.45) is 0 Å². The molecule has 3 aliphatic rings. The van der Waals surface area contributed by atoms with Gasteiger partial charge in [0.15, 0.2) is 11.5 Å². The van der Waals surface area contributed by atoms with Gasteiger partial charge >= 0.3 is 6.03 Å². The fraction of sp³-hybridized carbons (Fsp3) is 0.333. The molecule has 0 radical (unpaired) electrons. The topological polar surface area (TPSA) is 137 Å². The highest BCUT2D eigenvalue weighted by Crippen LogP contribution is 2.47. The molecule has 0 unspecified atom stereocenters. The summed E-state index contributed by atoms with van der Waals surface area (Å²) in [7, 11) is 1.58. The number of aliphatic hydroxyl groups is 1. The first-order valence-electron chi connectivity index (χ1n) is 13.4. The lowest BCUT2D eigenvalue weighted by molar-refractivity contribution is -0.142. The molecule has 3 aromatic carbocycles. The summed E-state index contributed by atoms with van der Waals surface area (Å²) in [5, 5.41) is 18.6. The normalized spacial score (nSPS) is 21.7. The van der Waals surface area contributed by atoms with Gasteiger partial charge in [0.1, 0.15) is 23.7 Å². The Morgan fingerprint density at radius 3 is 2.51 bits per heavy atom. The van der Waals surface area contributed by atoms with Gasteiger partial charge in [-0.1, -0.05) is 6.07 Å². The second-order valence-corrected chi connectivity index (χ2v) is 10.1. The van der Waals surface area contributed by atoms with Gasteiger partial charge in [-0.2, -0.15) is 0 Å². The van der Waals surface area contributed by atoms with Crippen molar-refractivity contribution in [1.29, 1.82) is 0 Å². The predicted octanol–water partition coefficient (Wildman–Crippen LogP) is 3.77. The van der Waals surface area contributed by atoms with Crippen molar-refractivity contribution in [1.82, 2.24) is 5.32 Å². The van der Waals surface area contributed by atoms with Crippen molar-refractivity contribution in [2.75, 3.05) is 31.1 Å². The maximum atomic E-state index is 12.8. The van der Waals surface area contributed by atoms with Crippen LogP contribution < -0.4 is 34.9 Å². The number of rotatable bonds is 8. The van der Waals surface area contributed by atoms with Crippen LogP contribution in [0.1, 0.15) is 29.9 Å². The summed E-state index contributed by atoms with van der Waals surface area (Å²) in [6.45, 7) is 0.302. The van der Waals surface area contributed by atoms with Crippen molar-refractivity contribution < 1.29 is 38.4 Å². The Bertz CT molecular complexity index is 1430. The van der Waals surface area contributed by atoms with Gasteiger partial charge in [-0.05, 0) is 66.6 Å². The van der Waals surface area contributed by atoms with Crippen molar-refractivity contribution in [2.45, 2.75) is 43.6 Å². The molecule has 1 saturated heterocycles. The Morgan fingerprint density at radius 1 is 0.951 bits per heavy atom. The second kappa shape index (κ2) is 11.6. The van der Waals surface area contributed by atoms with Crippen LogP contribution in [0.2, 0.25) is 0 Å². The minimum atomic E-state index is -0.581. The summed E-state index contributed by atoms with van der Waals surface area (Å²) in [5.41, 5.74) is 3.03. The number of ether oxygens (including phenoxy) is 5. The third-order valence-corrected chi connectivity index (χ3v) is 7.44. The molecule has 11 heteroatoms. The molecule has 3 aliphatic heterocycles. The molecule has 4 N–H and O–H groups in total. The number of carbonyl (C=O) groups excluding carboxylic acids is 2. The number of methoxy groups -OCH3 is 1. The lowest BCUT2D eigenvalue weighted by atomic mass is 9.84. The van der Waals surface area contributed by atoms with Gasteiger partial charge in [0.05, 0.1) is 26.2 Å². The van der Waals surface area contributed by atoms with Crippen molar-refractivity contribution in [3.63, 3.8) is 0 Å². The molecule has 41 heavy (non-hydrogen) atoms. The van der Waals surface area contributed by atoms with Gasteiger partial charge in [-0.15, -0.1) is 0 Å². The zero-order valence-electron chi connectivity index (χ0n) is 22.4. The molecule has 3 heterocycles. The summed E-state index contributed by atoms with van der Waals surface area (Å²) >= 11 is 0. The van der Waals surface area contributed by atoms with Gasteiger partial charge in [0, 0.05) is 29.4 Å². The van der Waals surface area contributed by atoms with E-state index in [1.54, 1.807) is 43.5 Å². The van der Waals surface area contributed by atoms with Crippen molar-refractivity contribution in [3.8, 4) is 23.0 Å². The standard InChI is InChI=1S/C30H31N3O8/c1-37-20-6-3-18(4-7-20)32-30(36)33-19-5-9-24-22(11-19)23-12-21(40-27(15-34)29(23)41-24)13-28(35)31-14-17-2-8-25-26(10-17)39-16-38-25/h2-11,21,23,27,29,34H,12-16H2,1H3,(H,31,35)(H2,32,33,36)/t21-,23+,27+,29-/m1/s1. The highest BCUT2D eigenvalue weighted by atomic mass is 16.7. The van der Waals surface area contributed by atoms with Gasteiger partial charge in [-0.3, -0.25) is 4.79 Å². The Hall–Kier alpha value is -4.48. The van der Waals surface area contributed by atoms with Crippen molar-refractivity contribution >= 4 is 23.3 Å². The summed E-state index contributed by atoms with van der Waals surface area (Å²) < 4.78 is 28.1. The van der Waals surface area contributed by atoms with E-state index in [0.29, 0.717) is 47.3 Å². The molecule has 0 aromatic heterocycles. The second-order valence-electron chi connectivity index (χ2n) is 10.1. The first-order chi connectivity index (χ1) is 20.0. The average Bonchev–Trinajstić information content (AvgIpc) is 3.60. The Balaban J connectivity index is 1.08. The van der Waals surface area contributed by atoms with E-state index < -0.39 is 12.2 Å². The largest absolute Gasteiger partial charge is 0.497 e. The van der Waals surface area contributed by atoms with Crippen LogP contribution in [0, 0.1) is 0 Å². The SMILES string of the molecule is COc1ccc(NC(=O)Nc2ccc3c(c2)[C@@H]2C[C@H](CC(=O)NCc4ccc5c(c4)OCO5)O[C@@H](CO)[C@@H]2O3)cc1. The molecule has 6 rings (SSSR count). The van der Waals surface area contributed by atoms with Crippen LogP contribution in [-0.4, -0.2) is 55.9 Å². The predicted molar refractivity (Wildman–Crippen MR) is 149 cm³/mol. The van der Waals surface area contributed by atoms with E-state index in [1.165, 1.54) is 0 Å². The molecule has 0 bridgehead atoms. The molecular formula is C30H31N3O8. The Morgan fingerprint density at radius 2 is 1.71 bits per heavy atom. The van der Waals surface area contributed by atoms with E-state index in [-0.39, 0.29) is 43.8 Å². The summed E-state index contributed by atoms with van der Waals surface area (Å²) in [6.07, 6.45) is -0.696. The number of aliphatic hydroxyl groups excluding tert-OH is 1. The number of hydrogen-bond acceptors (Lipinski definition) is 8. The molecule has 11 nitrogen and oxygen atoms in total. The first-order valence-corrected chi connectivity index (χ1v) is 13.4. The number of anilines is 2. The van der Waals surface area contributed by atoms with Crippen LogP contribution in [0.25, 0.3) is 0 Å². The van der Waals surface area contributed by atoms with E-state index in [4.69, 9.17) is 23.7 Å². The van der Waals surface area contributed by atoms with Gasteiger partial charge < -0.3 is 44.7 Å². The van der Waals surface area contributed by atoms with Gasteiger partial charge in [-0.25, -0.2) is 4.79 Å². The van der Waals surface area contributed by atoms with Crippen molar-refractivity contribution in [3.05, 3.63) is 71.8 Å². The zero-order valence-corrected chi connectivity index (χ0v) is 22.4. The Labute approximate surface area is 236 Å². The van der Waals surface area contributed by atoms with E-state index >= 15 is 0 Å². The van der Waals surface area contributed by atoms with Gasteiger partial charge in [0.2, 0.25) is 12.7 Å². The van der Waals surface area contributed by atoms with Crippen LogP contribution >= 0.6 is 0 Å². The average molecular weight is 562 g/mol. The van der Waals surface area contributed by atoms with Gasteiger partial charge in [0.25, 0.3) is 0 Å². The van der Waals surface area contributed by atoms with Crippen LogP contribution in [0.15, 0.2) is 60.7 Å². The quantitative estimate of drug-likeness (QED) is 0.326. The zero-order chi connectivity index (χ0) is 28.3. The smallest absolute Gasteiger partial charge is 0.323 e. The lowest BCUT2D eigenvalue weighted by Crippen LogP contribution is -2.47. The molecule has 4 atom stereocenters. The number of carbonyl (C=O) groups is 2. The first kappa shape index (κ1) is 26.7. The summed E-state index contributed by atoms with van der Waals surface area (Å²) in [4.78, 5) is 25.4. The molecule has 0 aliphatic carbocycles. The van der Waals surface area contributed by atoms with E-state index in [2.05, 4.69) is 16.0 Å².